The maximum absolute atomic E-state index is 13.8. The quantitative estimate of drug-likeness (QED) is 0.722. The molecule has 0 spiro atoms. The number of nitrogens with zero attached hydrogens (tertiary/aromatic N) is 1. The number of piperidine rings is 1. The molecule has 6 nitrogen and oxygen atoms in total. The monoisotopic (exact) mass is 468 g/mol. The van der Waals surface area contributed by atoms with Gasteiger partial charge in [0.25, 0.3) is 0 Å². The molecule has 2 atom stereocenters. The van der Waals surface area contributed by atoms with E-state index in [4.69, 9.17) is 4.74 Å². The first-order valence-electron chi connectivity index (χ1n) is 12.6. The van der Waals surface area contributed by atoms with E-state index in [-0.39, 0.29) is 11.6 Å². The summed E-state index contributed by atoms with van der Waals surface area (Å²) in [6, 6.07) is 13.6. The lowest BCUT2D eigenvalue weighted by molar-refractivity contribution is -0.363. The van der Waals surface area contributed by atoms with Crippen molar-refractivity contribution in [3.05, 3.63) is 82.1 Å². The number of nitrogens with one attached hydrogen (secondary N) is 2. The number of fused-ring (bicyclic) bond motifs is 4. The van der Waals surface area contributed by atoms with Crippen LogP contribution in [0.4, 0.5) is 5.69 Å². The fraction of sp³-hybridized carbons (Fsp3) is 0.345. The second kappa shape index (κ2) is 8.61. The van der Waals surface area contributed by atoms with Gasteiger partial charge < -0.3 is 10.1 Å². The molecule has 1 saturated heterocycles. The van der Waals surface area contributed by atoms with E-state index < -0.39 is 6.10 Å². The molecule has 2 aliphatic heterocycles. The summed E-state index contributed by atoms with van der Waals surface area (Å²) < 4.78 is 6.33. The van der Waals surface area contributed by atoms with Gasteiger partial charge in [-0.15, -0.1) is 0 Å². The number of carbonyl (C=O) groups excluding carboxylic acids is 2. The lowest BCUT2D eigenvalue weighted by Gasteiger charge is -2.34. The van der Waals surface area contributed by atoms with Gasteiger partial charge in [-0.25, -0.2) is 4.99 Å². The van der Waals surface area contributed by atoms with Gasteiger partial charge in [0.2, 0.25) is 23.3 Å². The van der Waals surface area contributed by atoms with Crippen molar-refractivity contribution in [1.29, 1.82) is 0 Å². The second-order valence-corrected chi connectivity index (χ2v) is 9.92. The molecular weight excluding hydrogens is 438 g/mol. The van der Waals surface area contributed by atoms with Crippen molar-refractivity contribution in [2.45, 2.75) is 45.3 Å². The van der Waals surface area contributed by atoms with E-state index in [1.54, 1.807) is 18.2 Å². The Morgan fingerprint density at radius 3 is 2.60 bits per heavy atom. The molecule has 1 unspecified atom stereocenters. The van der Waals surface area contributed by atoms with Crippen molar-refractivity contribution in [2.24, 2.45) is 0 Å². The Hall–Kier alpha value is -3.51. The summed E-state index contributed by atoms with van der Waals surface area (Å²) in [5.74, 6) is 0.476. The summed E-state index contributed by atoms with van der Waals surface area (Å²) in [4.78, 5) is 33.4. The summed E-state index contributed by atoms with van der Waals surface area (Å²) in [5, 5.41) is 3.50. The second-order valence-electron chi connectivity index (χ2n) is 9.92. The summed E-state index contributed by atoms with van der Waals surface area (Å²) in [6.07, 6.45) is 5.21. The molecule has 6 heteroatoms. The number of hydrogen-bond donors (Lipinski definition) is 2. The Morgan fingerprint density at radius 1 is 1.06 bits per heavy atom. The fourth-order valence-corrected chi connectivity index (χ4v) is 5.67. The van der Waals surface area contributed by atoms with Crippen molar-refractivity contribution >= 4 is 23.0 Å². The molecule has 35 heavy (non-hydrogen) atoms. The van der Waals surface area contributed by atoms with Crippen molar-refractivity contribution in [3.8, 4) is 5.75 Å². The molecule has 0 amide bonds. The van der Waals surface area contributed by atoms with E-state index in [0.717, 1.165) is 30.1 Å². The summed E-state index contributed by atoms with van der Waals surface area (Å²) in [6.45, 7) is 6.98. The zero-order valence-electron chi connectivity index (χ0n) is 20.2. The van der Waals surface area contributed by atoms with Crippen LogP contribution in [0.15, 0.2) is 65.4 Å². The van der Waals surface area contributed by atoms with Crippen LogP contribution >= 0.6 is 0 Å². The van der Waals surface area contributed by atoms with Crippen LogP contribution in [0.5, 0.6) is 5.75 Å². The van der Waals surface area contributed by atoms with Gasteiger partial charge in [-0.2, -0.15) is 0 Å². The number of likely N-dealkylation sites (tertiary alicyclic amines) is 1. The highest BCUT2D eigenvalue weighted by atomic mass is 16.5. The topological polar surface area (TPSA) is 72.6 Å². The zero-order chi connectivity index (χ0) is 24.1. The lowest BCUT2D eigenvalue weighted by Crippen LogP contribution is -2.73. The van der Waals surface area contributed by atoms with Crippen molar-refractivity contribution < 1.29 is 19.3 Å². The number of rotatable bonds is 4. The average molecular weight is 469 g/mol. The number of benzene rings is 2. The number of aryl methyl sites for hydroxylation is 1. The predicted octanol–water partition coefficient (Wildman–Crippen LogP) is 2.65. The van der Waals surface area contributed by atoms with Crippen LogP contribution in [0.2, 0.25) is 0 Å². The molecule has 2 aromatic rings. The first-order valence-corrected chi connectivity index (χ1v) is 12.6. The predicted molar refractivity (Wildman–Crippen MR) is 134 cm³/mol. The minimum absolute atomic E-state index is 0.122. The third-order valence-corrected chi connectivity index (χ3v) is 7.58. The molecular formula is C29H30N3O3+. The van der Waals surface area contributed by atoms with Crippen LogP contribution in [-0.4, -0.2) is 54.0 Å². The summed E-state index contributed by atoms with van der Waals surface area (Å²) in [7, 11) is 0. The van der Waals surface area contributed by atoms with E-state index >= 15 is 0 Å². The highest BCUT2D eigenvalue weighted by Crippen LogP contribution is 2.36. The minimum Gasteiger partial charge on any atom is -0.468 e. The molecule has 2 N–H and O–H groups in total. The number of hydrogen-bond acceptors (Lipinski definition) is 5. The van der Waals surface area contributed by atoms with Crippen molar-refractivity contribution in [3.63, 3.8) is 0 Å². The van der Waals surface area contributed by atoms with E-state index in [1.165, 1.54) is 19.3 Å². The van der Waals surface area contributed by atoms with E-state index in [0.29, 0.717) is 46.3 Å². The minimum atomic E-state index is -0.470. The standard InChI is InChI=1S/C29H29N3O3/c1-17-10-11-23-21(15-17)31-27-24(35-23)16-22(30-12-14-32-13-6-5-7-18(32)2)25-26(27)29(34)20-9-4-3-8-19(20)28(25)33/h3-4,8-11,15-16,18,24,30H,5-7,12-14H2,1-2H3/p+1/t18-,24?/m0/s1. The molecule has 0 radical (unpaired) electrons. The number of allylic oxidation sites excluding steroid dienone is 1. The van der Waals surface area contributed by atoms with Crippen LogP contribution in [-0.2, 0) is 0 Å². The van der Waals surface area contributed by atoms with Crippen molar-refractivity contribution in [1.82, 2.24) is 10.2 Å². The first-order chi connectivity index (χ1) is 17.0. The first kappa shape index (κ1) is 22.0. The average Bonchev–Trinajstić information content (AvgIpc) is 2.86. The molecule has 0 saturated carbocycles. The molecule has 2 aliphatic carbocycles. The molecule has 0 aromatic heterocycles. The largest absolute Gasteiger partial charge is 0.468 e. The van der Waals surface area contributed by atoms with Crippen molar-refractivity contribution in [2.75, 3.05) is 19.6 Å². The maximum atomic E-state index is 13.8. The van der Waals surface area contributed by atoms with Gasteiger partial charge in [-0.05, 0) is 50.9 Å². The lowest BCUT2D eigenvalue weighted by atomic mass is 9.76. The Balaban J connectivity index is 1.39. The Kier molecular flexibility index (Phi) is 5.41. The number of carbonyl (C=O) groups is 2. The van der Waals surface area contributed by atoms with Crippen LogP contribution < -0.4 is 15.0 Å². The number of ketones is 2. The number of ether oxygens (including phenoxy) is 1. The molecule has 1 fully saturated rings. The fourth-order valence-electron chi connectivity index (χ4n) is 5.67. The van der Waals surface area contributed by atoms with Crippen LogP contribution in [0.25, 0.3) is 0 Å². The maximum Gasteiger partial charge on any atom is 0.246 e. The summed E-state index contributed by atoms with van der Waals surface area (Å²) in [5.41, 5.74) is 4.99. The summed E-state index contributed by atoms with van der Waals surface area (Å²) >= 11 is 0. The Bertz CT molecular complexity index is 1340. The van der Waals surface area contributed by atoms with Crippen LogP contribution in [0, 0.1) is 6.92 Å². The number of Topliss-reactive ketones (excluding diaryl/α,β-unsaturated/α-hetero) is 2. The third-order valence-electron chi connectivity index (χ3n) is 7.58. The molecule has 2 aromatic carbocycles. The van der Waals surface area contributed by atoms with E-state index in [1.807, 2.05) is 37.3 Å². The Morgan fingerprint density at radius 2 is 1.83 bits per heavy atom. The van der Waals surface area contributed by atoms with Crippen LogP contribution in [0.3, 0.4) is 0 Å². The van der Waals surface area contributed by atoms with E-state index in [9.17, 15) is 9.59 Å². The SMILES string of the molecule is Cc1ccc2c(c1)[NH+]=C1C3=C(C(=O)c4ccccc4C3=O)C(NCCN3CCCC[C@@H]3C)=CC1O2. The van der Waals surface area contributed by atoms with Gasteiger partial charge in [0.15, 0.2) is 11.5 Å². The highest BCUT2D eigenvalue weighted by Gasteiger charge is 2.46. The van der Waals surface area contributed by atoms with Gasteiger partial charge in [0.1, 0.15) is 5.57 Å². The molecule has 178 valence electrons. The van der Waals surface area contributed by atoms with Gasteiger partial charge in [-0.3, -0.25) is 14.5 Å². The van der Waals surface area contributed by atoms with E-state index in [2.05, 4.69) is 22.1 Å². The molecule has 0 bridgehead atoms. The smallest absolute Gasteiger partial charge is 0.246 e. The molecule has 6 rings (SSSR count). The van der Waals surface area contributed by atoms with Gasteiger partial charge in [0.05, 0.1) is 5.57 Å². The van der Waals surface area contributed by atoms with Gasteiger partial charge in [-0.1, -0.05) is 36.8 Å². The Labute approximate surface area is 205 Å². The molecule has 4 aliphatic rings. The third kappa shape index (κ3) is 3.73. The molecule has 2 heterocycles. The van der Waals surface area contributed by atoms with Crippen LogP contribution in [0.1, 0.15) is 52.5 Å². The normalized spacial score (nSPS) is 23.4. The van der Waals surface area contributed by atoms with Gasteiger partial charge >= 0.3 is 0 Å². The van der Waals surface area contributed by atoms with Gasteiger partial charge in [0, 0.05) is 42.0 Å². The zero-order valence-corrected chi connectivity index (χ0v) is 20.2. The highest BCUT2D eigenvalue weighted by molar-refractivity contribution is 6.39.